The fourth-order valence-corrected chi connectivity index (χ4v) is 8.58. The molecule has 0 aliphatic heterocycles. The molecule has 0 aromatic heterocycles. The number of fused-ring (bicyclic) bond motifs is 6. The van der Waals surface area contributed by atoms with Crippen molar-refractivity contribution in [2.75, 3.05) is 9.80 Å². The zero-order valence-corrected chi connectivity index (χ0v) is 28.7. The van der Waals surface area contributed by atoms with Gasteiger partial charge in [-0.2, -0.15) is 0 Å². The lowest BCUT2D eigenvalue weighted by Gasteiger charge is -2.30. The van der Waals surface area contributed by atoms with Crippen LogP contribution in [0.15, 0.2) is 182 Å². The van der Waals surface area contributed by atoms with E-state index in [1.54, 1.807) is 0 Å². The summed E-state index contributed by atoms with van der Waals surface area (Å²) in [5.74, 6) is 0. The van der Waals surface area contributed by atoms with Crippen molar-refractivity contribution in [3.05, 3.63) is 193 Å². The summed E-state index contributed by atoms with van der Waals surface area (Å²) in [5, 5.41) is 2.61. The van der Waals surface area contributed by atoms with Gasteiger partial charge in [0.1, 0.15) is 0 Å². The Kier molecular flexibility index (Phi) is 6.56. The summed E-state index contributed by atoms with van der Waals surface area (Å²) >= 11 is 0. The van der Waals surface area contributed by atoms with Crippen LogP contribution in [-0.2, 0) is 5.41 Å². The Labute approximate surface area is 299 Å². The van der Waals surface area contributed by atoms with Gasteiger partial charge in [-0.3, -0.25) is 0 Å². The van der Waals surface area contributed by atoms with Crippen LogP contribution in [0.5, 0.6) is 0 Å². The third-order valence-electron chi connectivity index (χ3n) is 11.0. The zero-order chi connectivity index (χ0) is 34.1. The first-order valence-corrected chi connectivity index (χ1v) is 17.8. The summed E-state index contributed by atoms with van der Waals surface area (Å²) in [7, 11) is 0. The van der Waals surface area contributed by atoms with E-state index in [4.69, 9.17) is 0 Å². The minimum atomic E-state index is -0.210. The lowest BCUT2D eigenvalue weighted by molar-refractivity contribution is 0.660. The van der Waals surface area contributed by atoms with Crippen molar-refractivity contribution in [1.82, 2.24) is 0 Å². The van der Waals surface area contributed by atoms with E-state index in [-0.39, 0.29) is 5.41 Å². The number of para-hydroxylation sites is 3. The van der Waals surface area contributed by atoms with E-state index in [1.807, 2.05) is 0 Å². The van der Waals surface area contributed by atoms with Crippen LogP contribution < -0.4 is 9.80 Å². The molecule has 2 nitrogen and oxygen atoms in total. The average Bonchev–Trinajstić information content (AvgIpc) is 3.63. The molecule has 242 valence electrons. The van der Waals surface area contributed by atoms with Crippen molar-refractivity contribution in [2.24, 2.45) is 0 Å². The highest BCUT2D eigenvalue weighted by molar-refractivity contribution is 6.19. The molecule has 0 amide bonds. The van der Waals surface area contributed by atoms with Crippen molar-refractivity contribution in [3.8, 4) is 33.4 Å². The van der Waals surface area contributed by atoms with Crippen LogP contribution in [0.1, 0.15) is 25.0 Å². The maximum atomic E-state index is 2.46. The van der Waals surface area contributed by atoms with Crippen molar-refractivity contribution in [3.63, 3.8) is 0 Å². The molecule has 0 radical (unpaired) electrons. The van der Waals surface area contributed by atoms with Crippen LogP contribution >= 0.6 is 0 Å². The van der Waals surface area contributed by atoms with Crippen LogP contribution in [0.2, 0.25) is 0 Å². The predicted octanol–water partition coefficient (Wildman–Crippen LogP) is 13.7. The lowest BCUT2D eigenvalue weighted by Crippen LogP contribution is -2.18. The molecule has 2 aliphatic rings. The minimum Gasteiger partial charge on any atom is -0.310 e. The summed E-state index contributed by atoms with van der Waals surface area (Å²) in [6, 6.07) is 66.5. The number of benzene rings is 8. The van der Waals surface area contributed by atoms with Crippen LogP contribution in [0, 0.1) is 0 Å². The summed E-state index contributed by atoms with van der Waals surface area (Å²) < 4.78 is 0. The van der Waals surface area contributed by atoms with E-state index >= 15 is 0 Å². The molecule has 0 saturated carbocycles. The Morgan fingerprint density at radius 3 is 1.43 bits per heavy atom. The van der Waals surface area contributed by atoms with E-state index < -0.39 is 0 Å². The minimum absolute atomic E-state index is 0.210. The molecule has 8 aromatic carbocycles. The number of hydrogen-bond donors (Lipinski definition) is 0. The van der Waals surface area contributed by atoms with Gasteiger partial charge in [-0.15, -0.1) is 0 Å². The summed E-state index contributed by atoms with van der Waals surface area (Å²) in [6.45, 7) is 4.76. The van der Waals surface area contributed by atoms with E-state index in [0.717, 1.165) is 28.4 Å². The van der Waals surface area contributed by atoms with Crippen molar-refractivity contribution < 1.29 is 0 Å². The second kappa shape index (κ2) is 11.3. The van der Waals surface area contributed by atoms with Gasteiger partial charge in [-0.25, -0.2) is 0 Å². The Bertz CT molecular complexity index is 2570. The maximum absolute atomic E-state index is 2.46. The molecule has 0 fully saturated rings. The molecule has 8 aromatic rings. The first-order valence-electron chi connectivity index (χ1n) is 17.8. The van der Waals surface area contributed by atoms with Gasteiger partial charge >= 0.3 is 0 Å². The molecule has 0 atom stereocenters. The second-order valence-electron chi connectivity index (χ2n) is 14.2. The van der Waals surface area contributed by atoms with Gasteiger partial charge in [0.15, 0.2) is 0 Å². The average molecular weight is 653 g/mol. The number of nitrogens with zero attached hydrogens (tertiary/aromatic N) is 2. The first-order chi connectivity index (χ1) is 25.1. The van der Waals surface area contributed by atoms with Gasteiger partial charge in [-0.1, -0.05) is 129 Å². The fraction of sp³-hybridized carbons (Fsp3) is 0.0612. The molecule has 51 heavy (non-hydrogen) atoms. The van der Waals surface area contributed by atoms with Gasteiger partial charge < -0.3 is 9.80 Å². The highest BCUT2D eigenvalue weighted by atomic mass is 15.1. The van der Waals surface area contributed by atoms with Gasteiger partial charge in [0.2, 0.25) is 0 Å². The lowest BCUT2D eigenvalue weighted by atomic mass is 9.82. The zero-order valence-electron chi connectivity index (χ0n) is 28.7. The van der Waals surface area contributed by atoms with Crippen molar-refractivity contribution >= 4 is 44.9 Å². The molecule has 0 saturated heterocycles. The standard InChI is InChI=1S/C49H36N2/c1-49(2)44-31-37(50(34-16-6-3-7-17-34)35-18-8-4-9-19-35)26-28-40(44)41-29-27-38(32-45(41)49)51(36-20-10-5-11-21-36)46-30-25-33-15-14-24-42-39-22-12-13-23-43(39)48(46)47(33)42/h3-32H,1-2H3. The Balaban J connectivity index is 1.13. The summed E-state index contributed by atoms with van der Waals surface area (Å²) in [5.41, 5.74) is 17.3. The quantitative estimate of drug-likeness (QED) is 0.176. The Morgan fingerprint density at radius 1 is 0.353 bits per heavy atom. The van der Waals surface area contributed by atoms with E-state index in [9.17, 15) is 0 Å². The topological polar surface area (TPSA) is 6.48 Å². The molecular formula is C49H36N2. The number of hydrogen-bond acceptors (Lipinski definition) is 2. The van der Waals surface area contributed by atoms with E-state index in [2.05, 4.69) is 206 Å². The molecule has 2 heteroatoms. The number of anilines is 6. The molecule has 0 N–H and O–H groups in total. The highest BCUT2D eigenvalue weighted by Gasteiger charge is 2.37. The smallest absolute Gasteiger partial charge is 0.0546 e. The largest absolute Gasteiger partial charge is 0.310 e. The maximum Gasteiger partial charge on any atom is 0.0546 e. The van der Waals surface area contributed by atoms with Crippen molar-refractivity contribution in [2.45, 2.75) is 19.3 Å². The van der Waals surface area contributed by atoms with Gasteiger partial charge in [0.05, 0.1) is 5.69 Å². The normalized spacial score (nSPS) is 13.1. The predicted molar refractivity (Wildman–Crippen MR) is 215 cm³/mol. The van der Waals surface area contributed by atoms with Crippen LogP contribution in [0.3, 0.4) is 0 Å². The summed E-state index contributed by atoms with van der Waals surface area (Å²) in [6.07, 6.45) is 0. The molecule has 0 heterocycles. The fourth-order valence-electron chi connectivity index (χ4n) is 8.58. The van der Waals surface area contributed by atoms with Gasteiger partial charge in [0.25, 0.3) is 0 Å². The molecular weight excluding hydrogens is 617 g/mol. The molecule has 0 spiro atoms. The van der Waals surface area contributed by atoms with Gasteiger partial charge in [0, 0.05) is 39.4 Å². The molecule has 0 unspecified atom stereocenters. The second-order valence-corrected chi connectivity index (χ2v) is 14.2. The van der Waals surface area contributed by atoms with Crippen LogP contribution in [0.25, 0.3) is 44.2 Å². The SMILES string of the molecule is CC1(C)c2cc(N(c3ccccc3)c3ccccc3)ccc2-c2ccc(N(c3ccccc3)c3ccc4cccc5c4c3-c3ccccc3-5)cc21. The highest BCUT2D eigenvalue weighted by Crippen LogP contribution is 2.55. The third-order valence-corrected chi connectivity index (χ3v) is 11.0. The Morgan fingerprint density at radius 2 is 0.843 bits per heavy atom. The molecule has 0 bridgehead atoms. The van der Waals surface area contributed by atoms with Crippen LogP contribution in [0.4, 0.5) is 34.1 Å². The molecule has 2 aliphatic carbocycles. The van der Waals surface area contributed by atoms with E-state index in [1.165, 1.54) is 61.0 Å². The van der Waals surface area contributed by atoms with Gasteiger partial charge in [-0.05, 0) is 116 Å². The third kappa shape index (κ3) is 4.50. The first kappa shape index (κ1) is 29.5. The Hall–Kier alpha value is -6.38. The monoisotopic (exact) mass is 652 g/mol. The van der Waals surface area contributed by atoms with Crippen molar-refractivity contribution in [1.29, 1.82) is 0 Å². The number of rotatable bonds is 6. The molecule has 10 rings (SSSR count). The summed E-state index contributed by atoms with van der Waals surface area (Å²) in [4.78, 5) is 4.82. The van der Waals surface area contributed by atoms with E-state index in [0.29, 0.717) is 0 Å². The van der Waals surface area contributed by atoms with Crippen LogP contribution in [-0.4, -0.2) is 0 Å².